The lowest BCUT2D eigenvalue weighted by Gasteiger charge is -2.24. The maximum absolute atomic E-state index is 12.6. The molecular formula is C18H24N4O2S. The Morgan fingerprint density at radius 2 is 2.16 bits per heavy atom. The van der Waals surface area contributed by atoms with Gasteiger partial charge >= 0.3 is 0 Å². The molecule has 3 N–H and O–H groups in total. The first kappa shape index (κ1) is 17.8. The van der Waals surface area contributed by atoms with Crippen molar-refractivity contribution in [1.82, 2.24) is 15.2 Å². The van der Waals surface area contributed by atoms with Crippen molar-refractivity contribution in [3.63, 3.8) is 0 Å². The van der Waals surface area contributed by atoms with Crippen LogP contribution in [0.2, 0.25) is 0 Å². The van der Waals surface area contributed by atoms with Crippen molar-refractivity contribution in [2.24, 2.45) is 11.7 Å². The minimum absolute atomic E-state index is 0.000532. The Hall–Kier alpha value is -1.99. The number of aromatic nitrogens is 1. The second kappa shape index (κ2) is 7.49. The average molecular weight is 360 g/mol. The first-order valence-corrected chi connectivity index (χ1v) is 9.47. The molecule has 134 valence electrons. The monoisotopic (exact) mass is 360 g/mol. The van der Waals surface area contributed by atoms with Crippen LogP contribution >= 0.6 is 11.3 Å². The van der Waals surface area contributed by atoms with E-state index < -0.39 is 6.04 Å². The summed E-state index contributed by atoms with van der Waals surface area (Å²) in [5, 5.41) is 3.64. The highest BCUT2D eigenvalue weighted by atomic mass is 32.1. The van der Waals surface area contributed by atoms with E-state index >= 15 is 0 Å². The topological polar surface area (TPSA) is 88.3 Å². The van der Waals surface area contributed by atoms with Gasteiger partial charge in [0, 0.05) is 6.54 Å². The largest absolute Gasteiger partial charge is 0.346 e. The standard InChI is InChI=1S/C18H24N4O2S/c1-11(2)16(19)17(24)20-10-15(23)22-9-5-7-13(22)18-21-12-6-3-4-8-14(12)25-18/h3-4,6,8,11,13,16H,5,7,9-10,19H2,1-2H3,(H,20,24)/t13?,16-/m0/s1. The highest BCUT2D eigenvalue weighted by Crippen LogP contribution is 2.36. The lowest BCUT2D eigenvalue weighted by atomic mass is 10.1. The number of carbonyl (C=O) groups excluding carboxylic acids is 2. The number of thiazole rings is 1. The van der Waals surface area contributed by atoms with E-state index in [1.165, 1.54) is 0 Å². The maximum Gasteiger partial charge on any atom is 0.242 e. The Bertz CT molecular complexity index is 740. The van der Waals surface area contributed by atoms with Crippen LogP contribution in [0.4, 0.5) is 0 Å². The highest BCUT2D eigenvalue weighted by molar-refractivity contribution is 7.18. The van der Waals surface area contributed by atoms with Crippen molar-refractivity contribution in [1.29, 1.82) is 0 Å². The molecule has 3 rings (SSSR count). The van der Waals surface area contributed by atoms with Gasteiger partial charge in [-0.05, 0) is 30.9 Å². The summed E-state index contributed by atoms with van der Waals surface area (Å²) in [6.07, 6.45) is 1.86. The number of para-hydroxylation sites is 1. The van der Waals surface area contributed by atoms with Gasteiger partial charge < -0.3 is 16.0 Å². The van der Waals surface area contributed by atoms with Crippen LogP contribution in [-0.2, 0) is 9.59 Å². The summed E-state index contributed by atoms with van der Waals surface area (Å²) in [5.41, 5.74) is 6.79. The molecule has 0 bridgehead atoms. The molecule has 1 fully saturated rings. The second-order valence-electron chi connectivity index (χ2n) is 6.75. The molecule has 2 aromatic rings. The third kappa shape index (κ3) is 3.82. The number of benzene rings is 1. The molecule has 6 nitrogen and oxygen atoms in total. The number of carbonyl (C=O) groups is 2. The van der Waals surface area contributed by atoms with Gasteiger partial charge in [0.2, 0.25) is 11.8 Å². The zero-order valence-electron chi connectivity index (χ0n) is 14.6. The lowest BCUT2D eigenvalue weighted by Crippen LogP contribution is -2.47. The van der Waals surface area contributed by atoms with Gasteiger partial charge in [0.05, 0.1) is 28.8 Å². The summed E-state index contributed by atoms with van der Waals surface area (Å²) in [6.45, 7) is 4.46. The van der Waals surface area contributed by atoms with Gasteiger partial charge in [-0.15, -0.1) is 11.3 Å². The summed E-state index contributed by atoms with van der Waals surface area (Å²) in [6, 6.07) is 7.41. The van der Waals surface area contributed by atoms with Gasteiger partial charge in [0.1, 0.15) is 5.01 Å². The second-order valence-corrected chi connectivity index (χ2v) is 7.81. The Morgan fingerprint density at radius 3 is 2.88 bits per heavy atom. The number of nitrogens with zero attached hydrogens (tertiary/aromatic N) is 2. The molecule has 0 radical (unpaired) electrons. The van der Waals surface area contributed by atoms with Gasteiger partial charge in [-0.25, -0.2) is 4.98 Å². The third-order valence-corrected chi connectivity index (χ3v) is 5.74. The van der Waals surface area contributed by atoms with Crippen molar-refractivity contribution in [2.75, 3.05) is 13.1 Å². The summed E-state index contributed by atoms with van der Waals surface area (Å²) < 4.78 is 1.13. The average Bonchev–Trinajstić information content (AvgIpc) is 3.24. The quantitative estimate of drug-likeness (QED) is 0.854. The van der Waals surface area contributed by atoms with E-state index in [0.29, 0.717) is 6.54 Å². The van der Waals surface area contributed by atoms with Crippen LogP contribution in [0.5, 0.6) is 0 Å². The molecule has 1 aliphatic heterocycles. The number of amides is 2. The predicted octanol–water partition coefficient (Wildman–Crippen LogP) is 2.06. The minimum atomic E-state index is -0.591. The Labute approximate surface area is 151 Å². The van der Waals surface area contributed by atoms with Gasteiger partial charge in [0.25, 0.3) is 0 Å². The fourth-order valence-corrected chi connectivity index (χ4v) is 4.15. The van der Waals surface area contributed by atoms with Crippen molar-refractivity contribution in [3.8, 4) is 0 Å². The number of hydrogen-bond acceptors (Lipinski definition) is 5. The maximum atomic E-state index is 12.6. The van der Waals surface area contributed by atoms with Crippen LogP contribution in [0.25, 0.3) is 10.2 Å². The molecule has 0 aliphatic carbocycles. The van der Waals surface area contributed by atoms with Crippen LogP contribution < -0.4 is 11.1 Å². The van der Waals surface area contributed by atoms with Crippen LogP contribution in [0.3, 0.4) is 0 Å². The normalized spacial score (nSPS) is 18.7. The van der Waals surface area contributed by atoms with E-state index in [-0.39, 0.29) is 30.3 Å². The Balaban J connectivity index is 1.66. The van der Waals surface area contributed by atoms with Gasteiger partial charge in [0.15, 0.2) is 0 Å². The summed E-state index contributed by atoms with van der Waals surface area (Å²) in [4.78, 5) is 31.1. The van der Waals surface area contributed by atoms with E-state index in [9.17, 15) is 9.59 Å². The van der Waals surface area contributed by atoms with E-state index in [1.807, 2.05) is 43.0 Å². The summed E-state index contributed by atoms with van der Waals surface area (Å²) in [5.74, 6) is -0.317. The van der Waals surface area contributed by atoms with Crippen LogP contribution in [0, 0.1) is 5.92 Å². The van der Waals surface area contributed by atoms with Crippen LogP contribution in [0.1, 0.15) is 37.7 Å². The smallest absolute Gasteiger partial charge is 0.242 e. The SMILES string of the molecule is CC(C)[C@H](N)C(=O)NCC(=O)N1CCCC1c1nc2ccccc2s1. The Kier molecular flexibility index (Phi) is 5.34. The zero-order valence-corrected chi connectivity index (χ0v) is 15.4. The first-order valence-electron chi connectivity index (χ1n) is 8.65. The molecule has 25 heavy (non-hydrogen) atoms. The number of nitrogens with two attached hydrogens (primary N) is 1. The number of rotatable bonds is 5. The molecular weight excluding hydrogens is 336 g/mol. The van der Waals surface area contributed by atoms with Crippen LogP contribution in [-0.4, -0.2) is 40.8 Å². The number of nitrogens with one attached hydrogen (secondary N) is 1. The Morgan fingerprint density at radius 1 is 1.40 bits per heavy atom. The molecule has 1 aliphatic rings. The number of fused-ring (bicyclic) bond motifs is 1. The fraction of sp³-hybridized carbons (Fsp3) is 0.500. The van der Waals surface area contributed by atoms with Crippen LogP contribution in [0.15, 0.2) is 24.3 Å². The van der Waals surface area contributed by atoms with Gasteiger partial charge in [-0.2, -0.15) is 0 Å². The molecule has 7 heteroatoms. The van der Waals surface area contributed by atoms with Gasteiger partial charge in [-0.3, -0.25) is 9.59 Å². The molecule has 2 amide bonds. The zero-order chi connectivity index (χ0) is 18.0. The van der Waals surface area contributed by atoms with E-state index in [0.717, 1.165) is 28.1 Å². The molecule has 0 spiro atoms. The molecule has 2 atom stereocenters. The van der Waals surface area contributed by atoms with E-state index in [2.05, 4.69) is 5.32 Å². The third-order valence-electron chi connectivity index (χ3n) is 4.60. The lowest BCUT2D eigenvalue weighted by molar-refractivity contribution is -0.134. The van der Waals surface area contributed by atoms with E-state index in [1.54, 1.807) is 11.3 Å². The molecule has 1 aromatic carbocycles. The molecule has 2 heterocycles. The van der Waals surface area contributed by atoms with Gasteiger partial charge in [-0.1, -0.05) is 26.0 Å². The first-order chi connectivity index (χ1) is 12.0. The predicted molar refractivity (Wildman–Crippen MR) is 99.1 cm³/mol. The molecule has 1 saturated heterocycles. The summed E-state index contributed by atoms with van der Waals surface area (Å²) in [7, 11) is 0. The van der Waals surface area contributed by atoms with E-state index in [4.69, 9.17) is 10.7 Å². The highest BCUT2D eigenvalue weighted by Gasteiger charge is 2.32. The number of hydrogen-bond donors (Lipinski definition) is 2. The summed E-state index contributed by atoms with van der Waals surface area (Å²) >= 11 is 1.64. The molecule has 0 saturated carbocycles. The fourth-order valence-electron chi connectivity index (χ4n) is 3.04. The minimum Gasteiger partial charge on any atom is -0.346 e. The molecule has 1 aromatic heterocycles. The van der Waals surface area contributed by atoms with Crippen molar-refractivity contribution in [2.45, 2.75) is 38.8 Å². The number of likely N-dealkylation sites (tertiary alicyclic amines) is 1. The van der Waals surface area contributed by atoms with Crippen molar-refractivity contribution < 1.29 is 9.59 Å². The van der Waals surface area contributed by atoms with Crippen molar-refractivity contribution in [3.05, 3.63) is 29.3 Å². The molecule has 1 unspecified atom stereocenters. The van der Waals surface area contributed by atoms with Crippen molar-refractivity contribution >= 4 is 33.4 Å².